The highest BCUT2D eigenvalue weighted by molar-refractivity contribution is 8.00. The normalized spacial score (nSPS) is 12.9. The van der Waals surface area contributed by atoms with Gasteiger partial charge >= 0.3 is 5.97 Å². The van der Waals surface area contributed by atoms with Gasteiger partial charge in [-0.3, -0.25) is 19.7 Å². The molecule has 0 radical (unpaired) electrons. The van der Waals surface area contributed by atoms with Gasteiger partial charge in [0.2, 0.25) is 11.8 Å². The quantitative estimate of drug-likeness (QED) is 0.359. The van der Waals surface area contributed by atoms with Crippen molar-refractivity contribution in [3.8, 4) is 0 Å². The van der Waals surface area contributed by atoms with E-state index < -0.39 is 28.2 Å². The second-order valence-corrected chi connectivity index (χ2v) is 6.15. The van der Waals surface area contributed by atoms with Crippen LogP contribution in [-0.2, 0) is 9.59 Å². The van der Waals surface area contributed by atoms with Crippen LogP contribution in [0.3, 0.4) is 0 Å². The summed E-state index contributed by atoms with van der Waals surface area (Å²) < 4.78 is 0. The summed E-state index contributed by atoms with van der Waals surface area (Å²) in [4.78, 5) is 44.7. The van der Waals surface area contributed by atoms with E-state index in [4.69, 9.17) is 10.8 Å². The van der Waals surface area contributed by atoms with E-state index in [-0.39, 0.29) is 28.3 Å². The Morgan fingerprint density at radius 3 is 2.50 bits per heavy atom. The number of nitrogens with two attached hydrogens (primary N) is 1. The molecule has 0 heterocycles. The Hall–Kier alpha value is -2.62. The third kappa shape index (κ3) is 4.69. The summed E-state index contributed by atoms with van der Waals surface area (Å²) in [6.07, 6.45) is 0.187. The molecule has 130 valence electrons. The van der Waals surface area contributed by atoms with Gasteiger partial charge in [-0.2, -0.15) is 0 Å². The number of amides is 2. The lowest BCUT2D eigenvalue weighted by Crippen LogP contribution is -2.52. The number of nitro benzene ring substituents is 1. The first-order chi connectivity index (χ1) is 11.1. The van der Waals surface area contributed by atoms with E-state index in [0.717, 1.165) is 17.8 Å². The van der Waals surface area contributed by atoms with Crippen LogP contribution in [0.5, 0.6) is 0 Å². The number of primary amides is 1. The summed E-state index contributed by atoms with van der Waals surface area (Å²) in [5, 5.41) is 22.6. The Morgan fingerprint density at radius 2 is 2.04 bits per heavy atom. The molecule has 1 aromatic rings. The molecule has 0 spiro atoms. The molecule has 24 heavy (non-hydrogen) atoms. The number of hydrogen-bond acceptors (Lipinski definition) is 6. The van der Waals surface area contributed by atoms with Crippen LogP contribution in [0.25, 0.3) is 0 Å². The van der Waals surface area contributed by atoms with Crippen molar-refractivity contribution in [1.82, 2.24) is 5.32 Å². The first kappa shape index (κ1) is 19.4. The maximum absolute atomic E-state index is 11.9. The van der Waals surface area contributed by atoms with Crippen LogP contribution in [0.1, 0.15) is 30.6 Å². The number of carbonyl (C=O) groups excluding carboxylic acids is 2. The lowest BCUT2D eigenvalue weighted by atomic mass is 9.99. The van der Waals surface area contributed by atoms with Crippen LogP contribution >= 0.6 is 11.8 Å². The number of nitro groups is 1. The molecule has 1 atom stereocenters. The highest BCUT2D eigenvalue weighted by Crippen LogP contribution is 2.30. The molecule has 0 bridgehead atoms. The fourth-order valence-corrected chi connectivity index (χ4v) is 2.52. The molecule has 0 saturated carbocycles. The van der Waals surface area contributed by atoms with Crippen molar-refractivity contribution in [1.29, 1.82) is 0 Å². The molecule has 1 aromatic carbocycles. The van der Waals surface area contributed by atoms with Gasteiger partial charge in [0.15, 0.2) is 0 Å². The lowest BCUT2D eigenvalue weighted by Gasteiger charge is -2.24. The molecule has 0 aliphatic carbocycles. The molecule has 0 saturated heterocycles. The maximum atomic E-state index is 11.9. The first-order valence-electron chi connectivity index (χ1n) is 6.86. The Bertz CT molecular complexity index is 693. The molecule has 1 unspecified atom stereocenters. The van der Waals surface area contributed by atoms with Crippen molar-refractivity contribution in [2.45, 2.75) is 30.7 Å². The second kappa shape index (κ2) is 7.77. The molecule has 0 aromatic heterocycles. The maximum Gasteiger partial charge on any atom is 0.329 e. The monoisotopic (exact) mass is 355 g/mol. The molecule has 2 amide bonds. The van der Waals surface area contributed by atoms with Crippen LogP contribution < -0.4 is 11.1 Å². The summed E-state index contributed by atoms with van der Waals surface area (Å²) in [5.74, 6) is -2.74. The zero-order valence-corrected chi connectivity index (χ0v) is 13.9. The van der Waals surface area contributed by atoms with Gasteiger partial charge in [0.05, 0.1) is 15.6 Å². The van der Waals surface area contributed by atoms with Crippen molar-refractivity contribution < 1.29 is 24.4 Å². The molecule has 10 heteroatoms. The summed E-state index contributed by atoms with van der Waals surface area (Å²) in [5.41, 5.74) is 3.32. The van der Waals surface area contributed by atoms with E-state index in [1.807, 2.05) is 0 Å². The Labute approximate surface area is 141 Å². The van der Waals surface area contributed by atoms with Gasteiger partial charge in [0.1, 0.15) is 5.54 Å². The average molecular weight is 355 g/mol. The first-order valence-corrected chi connectivity index (χ1v) is 7.84. The number of nitrogens with one attached hydrogen (secondary N) is 1. The SMILES string of the molecule is CCC(C)(NC(=O)CSc1ccc(C(N)=O)cc1[N+](=O)[O-])C(=O)O. The predicted octanol–water partition coefficient (Wildman–Crippen LogP) is 1.16. The van der Waals surface area contributed by atoms with Gasteiger partial charge in [-0.1, -0.05) is 6.92 Å². The van der Waals surface area contributed by atoms with Crippen LogP contribution in [0.15, 0.2) is 23.1 Å². The minimum atomic E-state index is -1.40. The van der Waals surface area contributed by atoms with E-state index in [0.29, 0.717) is 0 Å². The number of carboxylic acid groups (broad SMARTS) is 1. The largest absolute Gasteiger partial charge is 0.480 e. The van der Waals surface area contributed by atoms with E-state index in [2.05, 4.69) is 5.32 Å². The predicted molar refractivity (Wildman–Crippen MR) is 86.8 cm³/mol. The summed E-state index contributed by atoms with van der Waals surface area (Å²) >= 11 is 0.868. The number of hydrogen-bond donors (Lipinski definition) is 3. The summed E-state index contributed by atoms with van der Waals surface area (Å²) in [6.45, 7) is 3.00. The Morgan fingerprint density at radius 1 is 1.42 bits per heavy atom. The zero-order valence-electron chi connectivity index (χ0n) is 13.1. The van der Waals surface area contributed by atoms with Gasteiger partial charge in [0.25, 0.3) is 5.69 Å². The molecule has 0 fully saturated rings. The van der Waals surface area contributed by atoms with Crippen LogP contribution in [0, 0.1) is 10.1 Å². The third-order valence-corrected chi connectivity index (χ3v) is 4.46. The minimum Gasteiger partial charge on any atom is -0.480 e. The van der Waals surface area contributed by atoms with E-state index in [1.165, 1.54) is 19.1 Å². The van der Waals surface area contributed by atoms with E-state index in [9.17, 15) is 24.5 Å². The third-order valence-electron chi connectivity index (χ3n) is 3.39. The number of aliphatic carboxylic acids is 1. The molecular formula is C14H17N3O6S. The van der Waals surface area contributed by atoms with Crippen molar-refractivity contribution >= 4 is 35.2 Å². The molecule has 0 aliphatic heterocycles. The average Bonchev–Trinajstić information content (AvgIpc) is 2.52. The highest BCUT2D eigenvalue weighted by Gasteiger charge is 2.32. The standard InChI is InChI=1S/C14H17N3O6S/c1-3-14(2,13(20)21)16-11(18)7-24-10-5-4-8(12(15)19)6-9(10)17(22)23/h4-6H,3,7H2,1-2H3,(H2,15,19)(H,16,18)(H,20,21). The summed E-state index contributed by atoms with van der Waals surface area (Å²) in [6, 6.07) is 3.69. The van der Waals surface area contributed by atoms with Gasteiger partial charge in [0, 0.05) is 11.6 Å². The Kier molecular flexibility index (Phi) is 6.29. The molecule has 9 nitrogen and oxygen atoms in total. The lowest BCUT2D eigenvalue weighted by molar-refractivity contribution is -0.387. The smallest absolute Gasteiger partial charge is 0.329 e. The van der Waals surface area contributed by atoms with Crippen molar-refractivity contribution in [2.24, 2.45) is 5.73 Å². The number of rotatable bonds is 8. The zero-order chi connectivity index (χ0) is 18.5. The Balaban J connectivity index is 2.87. The fourth-order valence-electron chi connectivity index (χ4n) is 1.72. The van der Waals surface area contributed by atoms with E-state index in [1.54, 1.807) is 6.92 Å². The number of benzene rings is 1. The topological polar surface area (TPSA) is 153 Å². The molecule has 1 rings (SSSR count). The van der Waals surface area contributed by atoms with Gasteiger partial charge in [-0.15, -0.1) is 11.8 Å². The number of carbonyl (C=O) groups is 3. The minimum absolute atomic E-state index is 0.0139. The van der Waals surface area contributed by atoms with Gasteiger partial charge in [-0.05, 0) is 25.5 Å². The van der Waals surface area contributed by atoms with Crippen LogP contribution in [-0.4, -0.2) is 39.1 Å². The van der Waals surface area contributed by atoms with Crippen molar-refractivity contribution in [3.05, 3.63) is 33.9 Å². The van der Waals surface area contributed by atoms with Gasteiger partial charge < -0.3 is 16.2 Å². The second-order valence-electron chi connectivity index (χ2n) is 5.13. The number of nitrogens with zero attached hydrogens (tertiary/aromatic N) is 1. The number of carboxylic acids is 1. The summed E-state index contributed by atoms with van der Waals surface area (Å²) in [7, 11) is 0. The van der Waals surface area contributed by atoms with Crippen LogP contribution in [0.2, 0.25) is 0 Å². The molecular weight excluding hydrogens is 338 g/mol. The highest BCUT2D eigenvalue weighted by atomic mass is 32.2. The van der Waals surface area contributed by atoms with Crippen molar-refractivity contribution in [3.63, 3.8) is 0 Å². The van der Waals surface area contributed by atoms with E-state index >= 15 is 0 Å². The number of thioether (sulfide) groups is 1. The fraction of sp³-hybridized carbons (Fsp3) is 0.357. The van der Waals surface area contributed by atoms with Gasteiger partial charge in [-0.25, -0.2) is 4.79 Å². The molecule has 0 aliphatic rings. The van der Waals surface area contributed by atoms with Crippen LogP contribution in [0.4, 0.5) is 5.69 Å². The van der Waals surface area contributed by atoms with Crippen molar-refractivity contribution in [2.75, 3.05) is 5.75 Å². The molecule has 4 N–H and O–H groups in total.